The lowest BCUT2D eigenvalue weighted by atomic mass is 10.1. The molecule has 0 saturated heterocycles. The third-order valence-electron chi connectivity index (χ3n) is 2.57. The molecule has 0 spiro atoms. The maximum Gasteiger partial charge on any atom is 0.148 e. The van der Waals surface area contributed by atoms with Gasteiger partial charge in [0.2, 0.25) is 0 Å². The van der Waals surface area contributed by atoms with Gasteiger partial charge in [-0.1, -0.05) is 6.07 Å². The van der Waals surface area contributed by atoms with Crippen LogP contribution in [0, 0.1) is 0 Å². The summed E-state index contributed by atoms with van der Waals surface area (Å²) in [5, 5.41) is 10.1. The topological polar surface area (TPSA) is 69.4 Å². The van der Waals surface area contributed by atoms with Crippen molar-refractivity contribution < 1.29 is 0 Å². The highest BCUT2D eigenvalue weighted by Gasteiger charge is 2.04. The second-order valence-corrected chi connectivity index (χ2v) is 3.55. The third kappa shape index (κ3) is 1.33. The number of nitrogens with one attached hydrogen (secondary N) is 3. The normalized spacial score (nSPS) is 10.8. The number of nitrogens with zero attached hydrogens (tertiary/aromatic N) is 2. The Kier molecular flexibility index (Phi) is 1.89. The molecule has 1 aromatic carbocycles. The van der Waals surface area contributed by atoms with Gasteiger partial charge in [-0.3, -0.25) is 5.10 Å². The van der Waals surface area contributed by atoms with Crippen LogP contribution in [0.15, 0.2) is 30.6 Å². The molecule has 0 amide bonds. The summed E-state index contributed by atoms with van der Waals surface area (Å²) in [7, 11) is 1.85. The van der Waals surface area contributed by atoms with E-state index in [1.54, 1.807) is 6.33 Å². The number of anilines is 1. The summed E-state index contributed by atoms with van der Waals surface area (Å²) in [6.45, 7) is 0. The molecule has 0 atom stereocenters. The van der Waals surface area contributed by atoms with Gasteiger partial charge in [0.15, 0.2) is 0 Å². The average molecular weight is 213 g/mol. The number of H-pyrrole nitrogens is 2. The average Bonchev–Trinajstić information content (AvgIpc) is 2.96. The fourth-order valence-electron chi connectivity index (χ4n) is 1.70. The number of hydrogen-bond donors (Lipinski definition) is 3. The van der Waals surface area contributed by atoms with Crippen molar-refractivity contribution >= 4 is 16.9 Å². The standard InChI is InChI=1S/C11H11N5/c1-12-11-5-9(15-16-11)7-2-3-8-10(4-7)14-6-13-8/h2-6H,1H3,(H,13,14)(H2,12,15,16). The molecule has 3 N–H and O–H groups in total. The zero-order valence-electron chi connectivity index (χ0n) is 8.78. The minimum atomic E-state index is 0.833. The summed E-state index contributed by atoms with van der Waals surface area (Å²) in [4.78, 5) is 7.27. The Morgan fingerprint density at radius 1 is 1.25 bits per heavy atom. The first-order chi connectivity index (χ1) is 7.86. The first-order valence-electron chi connectivity index (χ1n) is 5.03. The molecule has 16 heavy (non-hydrogen) atoms. The molecule has 5 nitrogen and oxygen atoms in total. The molecule has 2 aromatic heterocycles. The number of aromatic amines is 2. The highest BCUT2D eigenvalue weighted by atomic mass is 15.2. The smallest absolute Gasteiger partial charge is 0.148 e. The number of aromatic nitrogens is 4. The van der Waals surface area contributed by atoms with Gasteiger partial charge in [-0.25, -0.2) is 4.98 Å². The fraction of sp³-hybridized carbons (Fsp3) is 0.0909. The van der Waals surface area contributed by atoms with Gasteiger partial charge >= 0.3 is 0 Å². The molecule has 0 radical (unpaired) electrons. The molecule has 2 heterocycles. The zero-order valence-corrected chi connectivity index (χ0v) is 8.78. The monoisotopic (exact) mass is 213 g/mol. The van der Waals surface area contributed by atoms with E-state index in [1.165, 1.54) is 0 Å². The number of rotatable bonds is 2. The minimum absolute atomic E-state index is 0.833. The lowest BCUT2D eigenvalue weighted by Gasteiger charge is -1.96. The molecule has 3 rings (SSSR count). The molecule has 3 aromatic rings. The molecule has 0 aliphatic carbocycles. The van der Waals surface area contributed by atoms with Crippen LogP contribution in [-0.4, -0.2) is 27.2 Å². The maximum atomic E-state index is 4.18. The summed E-state index contributed by atoms with van der Waals surface area (Å²) >= 11 is 0. The van der Waals surface area contributed by atoms with Gasteiger partial charge < -0.3 is 10.3 Å². The fourth-order valence-corrected chi connectivity index (χ4v) is 1.70. The van der Waals surface area contributed by atoms with Gasteiger partial charge in [-0.15, -0.1) is 0 Å². The second kappa shape index (κ2) is 3.37. The zero-order chi connectivity index (χ0) is 11.0. The molecule has 0 fully saturated rings. The molecule has 80 valence electrons. The molecule has 0 aliphatic heterocycles. The summed E-state index contributed by atoms with van der Waals surface area (Å²) < 4.78 is 0. The Labute approximate surface area is 91.9 Å². The molecule has 0 bridgehead atoms. The summed E-state index contributed by atoms with van der Waals surface area (Å²) in [5.74, 6) is 0.833. The quantitative estimate of drug-likeness (QED) is 0.609. The Morgan fingerprint density at radius 3 is 3.00 bits per heavy atom. The Balaban J connectivity index is 2.10. The van der Waals surface area contributed by atoms with E-state index in [4.69, 9.17) is 0 Å². The molecular weight excluding hydrogens is 202 g/mol. The van der Waals surface area contributed by atoms with Crippen LogP contribution in [0.1, 0.15) is 0 Å². The van der Waals surface area contributed by atoms with Crippen molar-refractivity contribution in [3.63, 3.8) is 0 Å². The number of imidazole rings is 1. The van der Waals surface area contributed by atoms with Gasteiger partial charge in [0.25, 0.3) is 0 Å². The van der Waals surface area contributed by atoms with Crippen LogP contribution in [0.5, 0.6) is 0 Å². The molecular formula is C11H11N5. The number of hydrogen-bond acceptors (Lipinski definition) is 3. The summed E-state index contributed by atoms with van der Waals surface area (Å²) in [5.41, 5.74) is 4.07. The van der Waals surface area contributed by atoms with Crippen LogP contribution >= 0.6 is 0 Å². The number of benzene rings is 1. The molecule has 0 unspecified atom stereocenters. The number of fused-ring (bicyclic) bond motifs is 1. The first kappa shape index (κ1) is 8.96. The highest BCUT2D eigenvalue weighted by Crippen LogP contribution is 2.22. The van der Waals surface area contributed by atoms with E-state index in [-0.39, 0.29) is 0 Å². The van der Waals surface area contributed by atoms with Crippen LogP contribution < -0.4 is 5.32 Å². The first-order valence-corrected chi connectivity index (χ1v) is 5.03. The Bertz CT molecular complexity index is 622. The van der Waals surface area contributed by atoms with Crippen LogP contribution in [-0.2, 0) is 0 Å². The van der Waals surface area contributed by atoms with Crippen molar-refractivity contribution in [3.05, 3.63) is 30.6 Å². The summed E-state index contributed by atoms with van der Waals surface area (Å²) in [6, 6.07) is 8.03. The highest BCUT2D eigenvalue weighted by molar-refractivity contribution is 5.81. The van der Waals surface area contributed by atoms with E-state index in [9.17, 15) is 0 Å². The van der Waals surface area contributed by atoms with Crippen molar-refractivity contribution in [2.75, 3.05) is 12.4 Å². The van der Waals surface area contributed by atoms with Crippen molar-refractivity contribution in [2.24, 2.45) is 0 Å². The maximum absolute atomic E-state index is 4.18. The summed E-state index contributed by atoms with van der Waals surface area (Å²) in [6.07, 6.45) is 1.69. The third-order valence-corrected chi connectivity index (χ3v) is 2.57. The SMILES string of the molecule is CNc1cc(-c2ccc3nc[nH]c3c2)[nH]n1. The minimum Gasteiger partial charge on any atom is -0.372 e. The van der Waals surface area contributed by atoms with E-state index < -0.39 is 0 Å². The van der Waals surface area contributed by atoms with E-state index in [0.717, 1.165) is 28.1 Å². The van der Waals surface area contributed by atoms with E-state index >= 15 is 0 Å². The predicted octanol–water partition coefficient (Wildman–Crippen LogP) is 1.99. The van der Waals surface area contributed by atoms with Crippen molar-refractivity contribution in [1.82, 2.24) is 20.2 Å². The molecule has 0 aliphatic rings. The second-order valence-electron chi connectivity index (χ2n) is 3.55. The lowest BCUT2D eigenvalue weighted by Crippen LogP contribution is -1.85. The van der Waals surface area contributed by atoms with Crippen LogP contribution in [0.2, 0.25) is 0 Å². The van der Waals surface area contributed by atoms with Crippen molar-refractivity contribution in [1.29, 1.82) is 0 Å². The lowest BCUT2D eigenvalue weighted by molar-refractivity contribution is 1.09. The van der Waals surface area contributed by atoms with Crippen LogP contribution in [0.25, 0.3) is 22.3 Å². The van der Waals surface area contributed by atoms with Crippen LogP contribution in [0.3, 0.4) is 0 Å². The van der Waals surface area contributed by atoms with Gasteiger partial charge in [-0.2, -0.15) is 5.10 Å². The molecule has 5 heteroatoms. The van der Waals surface area contributed by atoms with Gasteiger partial charge in [-0.05, 0) is 12.1 Å². The van der Waals surface area contributed by atoms with Crippen LogP contribution in [0.4, 0.5) is 5.82 Å². The van der Waals surface area contributed by atoms with E-state index in [2.05, 4.69) is 31.5 Å². The predicted molar refractivity (Wildman–Crippen MR) is 63.2 cm³/mol. The van der Waals surface area contributed by atoms with E-state index in [0.29, 0.717) is 0 Å². The van der Waals surface area contributed by atoms with Crippen molar-refractivity contribution in [2.45, 2.75) is 0 Å². The van der Waals surface area contributed by atoms with Gasteiger partial charge in [0.1, 0.15) is 5.82 Å². The van der Waals surface area contributed by atoms with Gasteiger partial charge in [0.05, 0.1) is 23.1 Å². The molecule has 0 saturated carbocycles. The Morgan fingerprint density at radius 2 is 2.19 bits per heavy atom. The van der Waals surface area contributed by atoms with E-state index in [1.807, 2.05) is 25.2 Å². The Hall–Kier alpha value is -2.30. The van der Waals surface area contributed by atoms with Gasteiger partial charge in [0, 0.05) is 18.7 Å². The van der Waals surface area contributed by atoms with Crippen molar-refractivity contribution in [3.8, 4) is 11.3 Å². The largest absolute Gasteiger partial charge is 0.372 e.